The fraction of sp³-hybridized carbons (Fsp3) is 0.143. The second-order valence-electron chi connectivity index (χ2n) is 2.63. The van der Waals surface area contributed by atoms with Crippen molar-refractivity contribution in [3.8, 4) is 11.5 Å². The summed E-state index contributed by atoms with van der Waals surface area (Å²) in [5, 5.41) is 19.3. The van der Waals surface area contributed by atoms with Crippen molar-refractivity contribution in [1.29, 1.82) is 0 Å². The Morgan fingerprint density at radius 3 is 2.18 bits per heavy atom. The number of phenols is 1. The summed E-state index contributed by atoms with van der Waals surface area (Å²) < 4.78 is 13.6. The molecule has 4 N–H and O–H groups in total. The van der Waals surface area contributed by atoms with Gasteiger partial charge in [-0.1, -0.05) is 0 Å². The van der Waals surface area contributed by atoms with Crippen molar-refractivity contribution in [3.05, 3.63) is 28.3 Å². The van der Waals surface area contributed by atoms with Crippen molar-refractivity contribution < 1.29 is 34.0 Å². The zero-order chi connectivity index (χ0) is 13.6. The van der Waals surface area contributed by atoms with E-state index in [0.29, 0.717) is 0 Å². The van der Waals surface area contributed by atoms with Crippen molar-refractivity contribution in [2.75, 3.05) is 7.11 Å². The lowest BCUT2D eigenvalue weighted by Crippen LogP contribution is -1.89. The quantitative estimate of drug-likeness (QED) is 0.341. The second-order valence-corrected chi connectivity index (χ2v) is 3.65. The van der Waals surface area contributed by atoms with Crippen LogP contribution in [-0.4, -0.2) is 31.8 Å². The molecule has 0 aliphatic carbocycles. The third kappa shape index (κ3) is 7.25. The molecule has 0 amide bonds. The predicted octanol–water partition coefficient (Wildman–Crippen LogP) is 0.380. The van der Waals surface area contributed by atoms with Gasteiger partial charge in [0.2, 0.25) is 0 Å². The molecule has 10 heteroatoms. The minimum Gasteiger partial charge on any atom is -0.504 e. The van der Waals surface area contributed by atoms with Crippen LogP contribution in [0.2, 0.25) is 0 Å². The number of non-ortho nitro benzene ring substituents is 1. The maximum absolute atomic E-state index is 10.2. The van der Waals surface area contributed by atoms with E-state index in [2.05, 4.69) is 4.74 Å². The fourth-order valence-electron chi connectivity index (χ4n) is 0.780. The minimum absolute atomic E-state index is 0.101. The Labute approximate surface area is 95.3 Å². The molecular formula is C7H10NO8P. The first-order valence-electron chi connectivity index (χ1n) is 3.95. The number of hydrogen-bond acceptors (Lipinski definition) is 5. The molecule has 0 radical (unpaired) electrons. The number of phosphoric acid groups is 1. The van der Waals surface area contributed by atoms with Crippen LogP contribution in [0.1, 0.15) is 0 Å². The molecule has 0 atom stereocenters. The third-order valence-corrected chi connectivity index (χ3v) is 1.37. The number of nitrogens with zero attached hydrogens (tertiary/aromatic N) is 1. The molecule has 0 saturated carbocycles. The highest BCUT2D eigenvalue weighted by molar-refractivity contribution is 7.45. The highest BCUT2D eigenvalue weighted by Crippen LogP contribution is 2.29. The van der Waals surface area contributed by atoms with Gasteiger partial charge in [-0.2, -0.15) is 0 Å². The summed E-state index contributed by atoms with van der Waals surface area (Å²) in [7, 11) is -3.31. The Bertz CT molecular complexity index is 433. The SMILES string of the molecule is COc1cc([N+](=O)[O-])ccc1O.O=P(O)(O)O. The number of rotatable bonds is 2. The van der Waals surface area contributed by atoms with Crippen LogP contribution in [0.5, 0.6) is 11.5 Å². The summed E-state index contributed by atoms with van der Waals surface area (Å²) in [6.07, 6.45) is 0. The monoisotopic (exact) mass is 267 g/mol. The van der Waals surface area contributed by atoms with Gasteiger partial charge in [-0.05, 0) is 6.07 Å². The number of hydrogen-bond donors (Lipinski definition) is 4. The Balaban J connectivity index is 0.000000437. The maximum atomic E-state index is 10.2. The average molecular weight is 267 g/mol. The Kier molecular flexibility index (Phi) is 5.56. The van der Waals surface area contributed by atoms with Gasteiger partial charge in [-0.3, -0.25) is 10.1 Å². The number of ether oxygens (including phenoxy) is 1. The normalized spacial score (nSPS) is 10.1. The van der Waals surface area contributed by atoms with Crippen LogP contribution < -0.4 is 4.74 Å². The lowest BCUT2D eigenvalue weighted by molar-refractivity contribution is -0.385. The van der Waals surface area contributed by atoms with Crippen molar-refractivity contribution in [1.82, 2.24) is 0 Å². The lowest BCUT2D eigenvalue weighted by atomic mass is 10.3. The van der Waals surface area contributed by atoms with Crippen LogP contribution >= 0.6 is 7.82 Å². The fourth-order valence-corrected chi connectivity index (χ4v) is 0.780. The van der Waals surface area contributed by atoms with Crippen LogP contribution in [0.3, 0.4) is 0 Å². The molecule has 0 unspecified atom stereocenters. The summed E-state index contributed by atoms with van der Waals surface area (Å²) in [5.41, 5.74) is -0.107. The average Bonchev–Trinajstić information content (AvgIpc) is 2.15. The zero-order valence-electron chi connectivity index (χ0n) is 8.55. The highest BCUT2D eigenvalue weighted by atomic mass is 31.2. The predicted molar refractivity (Wildman–Crippen MR) is 55.6 cm³/mol. The molecule has 1 aromatic rings. The third-order valence-electron chi connectivity index (χ3n) is 1.37. The first-order chi connectivity index (χ1) is 7.65. The molecule has 1 rings (SSSR count). The topological polar surface area (TPSA) is 150 Å². The van der Waals surface area contributed by atoms with Gasteiger partial charge in [-0.25, -0.2) is 4.57 Å². The smallest absolute Gasteiger partial charge is 0.466 e. The summed E-state index contributed by atoms with van der Waals surface area (Å²) in [6.45, 7) is 0. The van der Waals surface area contributed by atoms with Gasteiger partial charge >= 0.3 is 7.82 Å². The minimum atomic E-state index is -4.64. The van der Waals surface area contributed by atoms with Gasteiger partial charge in [0.05, 0.1) is 18.1 Å². The number of benzene rings is 1. The molecule has 1 aromatic carbocycles. The zero-order valence-corrected chi connectivity index (χ0v) is 9.44. The van der Waals surface area contributed by atoms with Crippen molar-refractivity contribution in [3.63, 3.8) is 0 Å². The molecule has 17 heavy (non-hydrogen) atoms. The molecule has 0 fully saturated rings. The number of nitro benzene ring substituents is 1. The van der Waals surface area contributed by atoms with Crippen molar-refractivity contribution >= 4 is 13.5 Å². The van der Waals surface area contributed by atoms with Crippen LogP contribution in [0.25, 0.3) is 0 Å². The molecule has 9 nitrogen and oxygen atoms in total. The number of nitro groups is 1. The molecule has 0 heterocycles. The maximum Gasteiger partial charge on any atom is 0.466 e. The second kappa shape index (κ2) is 6.16. The first kappa shape index (κ1) is 15.3. The van der Waals surface area contributed by atoms with E-state index in [1.807, 2.05) is 0 Å². The van der Waals surface area contributed by atoms with E-state index >= 15 is 0 Å². The Morgan fingerprint density at radius 1 is 1.35 bits per heavy atom. The molecule has 0 aliphatic rings. The molecular weight excluding hydrogens is 257 g/mol. The standard InChI is InChI=1S/C7H7NO4.H3O4P/c1-12-7-4-5(8(10)11)2-3-6(7)9;1-5(2,3)4/h2-4,9H,1H3;(H3,1,2,3,4). The van der Waals surface area contributed by atoms with E-state index < -0.39 is 12.7 Å². The van der Waals surface area contributed by atoms with Crippen LogP contribution in [0.15, 0.2) is 18.2 Å². The molecule has 0 aliphatic heterocycles. The van der Waals surface area contributed by atoms with Crippen LogP contribution in [0.4, 0.5) is 5.69 Å². The van der Waals surface area contributed by atoms with Crippen LogP contribution in [0, 0.1) is 10.1 Å². The van der Waals surface area contributed by atoms with E-state index in [1.165, 1.54) is 19.2 Å². The van der Waals surface area contributed by atoms with Gasteiger partial charge < -0.3 is 24.5 Å². The highest BCUT2D eigenvalue weighted by Gasteiger charge is 2.09. The molecule has 0 saturated heterocycles. The van der Waals surface area contributed by atoms with E-state index in [0.717, 1.165) is 6.07 Å². The van der Waals surface area contributed by atoms with Crippen LogP contribution in [-0.2, 0) is 4.57 Å². The molecule has 0 spiro atoms. The summed E-state index contributed by atoms with van der Waals surface area (Å²) in [6, 6.07) is 3.59. The van der Waals surface area contributed by atoms with Crippen molar-refractivity contribution in [2.45, 2.75) is 0 Å². The number of phenolic OH excluding ortho intramolecular Hbond substituents is 1. The van der Waals surface area contributed by atoms with E-state index in [9.17, 15) is 10.1 Å². The first-order valence-corrected chi connectivity index (χ1v) is 5.51. The summed E-state index contributed by atoms with van der Waals surface area (Å²) in [5.74, 6) is -0.00713. The largest absolute Gasteiger partial charge is 0.504 e. The summed E-state index contributed by atoms with van der Waals surface area (Å²) >= 11 is 0. The molecule has 96 valence electrons. The Morgan fingerprint density at radius 2 is 1.82 bits per heavy atom. The number of aromatic hydroxyl groups is 1. The van der Waals surface area contributed by atoms with Gasteiger partial charge in [0.25, 0.3) is 5.69 Å². The van der Waals surface area contributed by atoms with Gasteiger partial charge in [0, 0.05) is 6.07 Å². The Hall–Kier alpha value is -1.67. The van der Waals surface area contributed by atoms with Gasteiger partial charge in [0.15, 0.2) is 11.5 Å². The van der Waals surface area contributed by atoms with E-state index in [1.54, 1.807) is 0 Å². The molecule has 0 bridgehead atoms. The molecule has 0 aromatic heterocycles. The van der Waals surface area contributed by atoms with Gasteiger partial charge in [-0.15, -0.1) is 0 Å². The number of methoxy groups -OCH3 is 1. The van der Waals surface area contributed by atoms with E-state index in [4.69, 9.17) is 24.4 Å². The lowest BCUT2D eigenvalue weighted by Gasteiger charge is -2.00. The van der Waals surface area contributed by atoms with E-state index in [-0.39, 0.29) is 17.2 Å². The van der Waals surface area contributed by atoms with Gasteiger partial charge in [0.1, 0.15) is 0 Å². The van der Waals surface area contributed by atoms with Crippen molar-refractivity contribution in [2.24, 2.45) is 0 Å². The summed E-state index contributed by atoms with van der Waals surface area (Å²) in [4.78, 5) is 31.3.